The van der Waals surface area contributed by atoms with Crippen molar-refractivity contribution in [2.24, 2.45) is 11.8 Å². The predicted molar refractivity (Wildman–Crippen MR) is 63.6 cm³/mol. The minimum absolute atomic E-state index is 0.318. The Balaban J connectivity index is 1.72. The highest BCUT2D eigenvalue weighted by Gasteiger charge is 2.48. The molecule has 0 radical (unpaired) electrons. The van der Waals surface area contributed by atoms with Gasteiger partial charge in [0.05, 0.1) is 0 Å². The van der Waals surface area contributed by atoms with Crippen LogP contribution in [-0.4, -0.2) is 36.1 Å². The number of ether oxygens (including phenoxy) is 1. The lowest BCUT2D eigenvalue weighted by Crippen LogP contribution is -2.46. The van der Waals surface area contributed by atoms with Crippen molar-refractivity contribution in [2.75, 3.05) is 13.1 Å². The normalized spacial score (nSPS) is 25.1. The molecule has 0 aromatic heterocycles. The highest BCUT2D eigenvalue weighted by molar-refractivity contribution is 5.68. The van der Waals surface area contributed by atoms with E-state index in [4.69, 9.17) is 4.74 Å². The maximum Gasteiger partial charge on any atom is 0.410 e. The van der Waals surface area contributed by atoms with E-state index >= 15 is 0 Å². The average molecular weight is 261 g/mol. The van der Waals surface area contributed by atoms with Crippen LogP contribution in [0.3, 0.4) is 0 Å². The van der Waals surface area contributed by atoms with Crippen molar-refractivity contribution in [3.8, 4) is 0 Å². The van der Waals surface area contributed by atoms with Gasteiger partial charge in [0.25, 0.3) is 5.92 Å². The molecule has 104 valence electrons. The fraction of sp³-hybridized carbons (Fsp3) is 0.923. The molecule has 18 heavy (non-hydrogen) atoms. The number of hydrogen-bond acceptors (Lipinski definition) is 2. The van der Waals surface area contributed by atoms with Crippen molar-refractivity contribution >= 4 is 6.09 Å². The van der Waals surface area contributed by atoms with E-state index < -0.39 is 18.1 Å². The summed E-state index contributed by atoms with van der Waals surface area (Å²) in [4.78, 5) is 13.4. The Morgan fingerprint density at radius 2 is 1.83 bits per heavy atom. The highest BCUT2D eigenvalue weighted by atomic mass is 19.3. The van der Waals surface area contributed by atoms with Gasteiger partial charge in [-0.15, -0.1) is 0 Å². The number of alkyl halides is 2. The molecule has 5 heteroatoms. The monoisotopic (exact) mass is 261 g/mol. The number of halogens is 2. The summed E-state index contributed by atoms with van der Waals surface area (Å²) in [6.07, 6.45) is 0.317. The van der Waals surface area contributed by atoms with Crippen LogP contribution in [0.4, 0.5) is 13.6 Å². The summed E-state index contributed by atoms with van der Waals surface area (Å²) in [5.74, 6) is -1.34. The van der Waals surface area contributed by atoms with Gasteiger partial charge in [0.2, 0.25) is 0 Å². The van der Waals surface area contributed by atoms with Gasteiger partial charge in [-0.25, -0.2) is 13.6 Å². The third-order valence-corrected chi connectivity index (χ3v) is 4.06. The Hall–Kier alpha value is -0.870. The molecule has 1 saturated heterocycles. The van der Waals surface area contributed by atoms with Gasteiger partial charge in [0.1, 0.15) is 6.10 Å². The molecule has 0 aromatic carbocycles. The fourth-order valence-corrected chi connectivity index (χ4v) is 2.66. The molecule has 0 spiro atoms. The van der Waals surface area contributed by atoms with Crippen molar-refractivity contribution in [1.82, 2.24) is 4.90 Å². The molecule has 1 aliphatic carbocycles. The van der Waals surface area contributed by atoms with E-state index in [1.807, 2.05) is 0 Å². The van der Waals surface area contributed by atoms with E-state index in [9.17, 15) is 13.6 Å². The first kappa shape index (κ1) is 13.6. The highest BCUT2D eigenvalue weighted by Crippen LogP contribution is 2.39. The van der Waals surface area contributed by atoms with E-state index in [1.54, 1.807) is 4.90 Å². The Kier molecular flexibility index (Phi) is 3.78. The van der Waals surface area contributed by atoms with E-state index in [0.717, 1.165) is 12.8 Å². The lowest BCUT2D eigenvalue weighted by molar-refractivity contribution is -0.148. The van der Waals surface area contributed by atoms with Crippen LogP contribution in [0.1, 0.15) is 39.5 Å². The molecule has 1 aliphatic heterocycles. The van der Waals surface area contributed by atoms with Crippen LogP contribution < -0.4 is 0 Å². The second-order valence-corrected chi connectivity index (χ2v) is 5.84. The third-order valence-electron chi connectivity index (χ3n) is 4.06. The van der Waals surface area contributed by atoms with E-state index in [0.29, 0.717) is 24.9 Å². The molecule has 3 nitrogen and oxygen atoms in total. The second kappa shape index (κ2) is 5.02. The zero-order valence-corrected chi connectivity index (χ0v) is 11.0. The van der Waals surface area contributed by atoms with Crippen molar-refractivity contribution in [2.45, 2.75) is 51.6 Å². The van der Waals surface area contributed by atoms with Crippen molar-refractivity contribution in [3.63, 3.8) is 0 Å². The first-order chi connectivity index (χ1) is 8.37. The molecular weight excluding hydrogens is 240 g/mol. The number of carbonyl (C=O) groups is 1. The Morgan fingerprint density at radius 3 is 2.28 bits per heavy atom. The van der Waals surface area contributed by atoms with Crippen molar-refractivity contribution in [3.05, 3.63) is 0 Å². The molecular formula is C13H21F2NO2. The molecule has 1 saturated carbocycles. The van der Waals surface area contributed by atoms with E-state index in [1.165, 1.54) is 0 Å². The number of likely N-dealkylation sites (tertiary alicyclic amines) is 1. The second-order valence-electron chi connectivity index (χ2n) is 5.84. The van der Waals surface area contributed by atoms with Gasteiger partial charge < -0.3 is 9.64 Å². The fourth-order valence-electron chi connectivity index (χ4n) is 2.66. The van der Waals surface area contributed by atoms with Gasteiger partial charge in [-0.1, -0.05) is 13.8 Å². The molecule has 1 heterocycles. The van der Waals surface area contributed by atoms with E-state index in [2.05, 4.69) is 13.8 Å². The molecule has 0 atom stereocenters. The maximum absolute atomic E-state index is 12.6. The number of carbonyl (C=O) groups excluding carboxylic acids is 1. The molecule has 0 bridgehead atoms. The SMILES string of the molecule is CC(C)C1CCN(C(=O)OC2CC(F)(F)C2)CC1. The molecule has 2 fully saturated rings. The van der Waals surface area contributed by atoms with Crippen LogP contribution in [0.15, 0.2) is 0 Å². The van der Waals surface area contributed by atoms with Crippen LogP contribution in [0.25, 0.3) is 0 Å². The van der Waals surface area contributed by atoms with Crippen LogP contribution in [0, 0.1) is 11.8 Å². The summed E-state index contributed by atoms with van der Waals surface area (Å²) < 4.78 is 30.3. The summed E-state index contributed by atoms with van der Waals surface area (Å²) in [6, 6.07) is 0. The number of hydrogen-bond donors (Lipinski definition) is 0. The number of nitrogens with zero attached hydrogens (tertiary/aromatic N) is 1. The van der Waals surface area contributed by atoms with Gasteiger partial charge in [-0.05, 0) is 24.7 Å². The van der Waals surface area contributed by atoms with Gasteiger partial charge in [-0.3, -0.25) is 0 Å². The molecule has 0 unspecified atom stereocenters. The first-order valence-corrected chi connectivity index (χ1v) is 6.71. The van der Waals surface area contributed by atoms with Crippen LogP contribution in [-0.2, 0) is 4.74 Å². The Bertz CT molecular complexity index is 304. The Morgan fingerprint density at radius 1 is 1.28 bits per heavy atom. The van der Waals surface area contributed by atoms with Gasteiger partial charge in [-0.2, -0.15) is 0 Å². The van der Waals surface area contributed by atoms with E-state index in [-0.39, 0.29) is 12.8 Å². The maximum atomic E-state index is 12.6. The number of piperidine rings is 1. The van der Waals surface area contributed by atoms with Crippen molar-refractivity contribution < 1.29 is 18.3 Å². The first-order valence-electron chi connectivity index (χ1n) is 6.71. The molecule has 2 rings (SSSR count). The summed E-state index contributed by atoms with van der Waals surface area (Å²) in [6.45, 7) is 5.75. The largest absolute Gasteiger partial charge is 0.446 e. The zero-order chi connectivity index (χ0) is 13.3. The summed E-state index contributed by atoms with van der Waals surface area (Å²) in [5, 5.41) is 0. The van der Waals surface area contributed by atoms with Gasteiger partial charge in [0.15, 0.2) is 0 Å². The molecule has 0 aromatic rings. The lowest BCUT2D eigenvalue weighted by atomic mass is 9.87. The summed E-state index contributed by atoms with van der Waals surface area (Å²) in [5.41, 5.74) is 0. The minimum atomic E-state index is -2.63. The summed E-state index contributed by atoms with van der Waals surface area (Å²) in [7, 11) is 0. The predicted octanol–water partition coefficient (Wildman–Crippen LogP) is 3.29. The van der Waals surface area contributed by atoms with Crippen molar-refractivity contribution in [1.29, 1.82) is 0 Å². The smallest absolute Gasteiger partial charge is 0.410 e. The topological polar surface area (TPSA) is 29.5 Å². The Labute approximate surface area is 106 Å². The van der Waals surface area contributed by atoms with Crippen LogP contribution in [0.5, 0.6) is 0 Å². The van der Waals surface area contributed by atoms with Crippen LogP contribution in [0.2, 0.25) is 0 Å². The van der Waals surface area contributed by atoms with Gasteiger partial charge >= 0.3 is 6.09 Å². The quantitative estimate of drug-likeness (QED) is 0.763. The minimum Gasteiger partial charge on any atom is -0.446 e. The molecule has 1 amide bonds. The van der Waals surface area contributed by atoms with Gasteiger partial charge in [0, 0.05) is 25.9 Å². The third kappa shape index (κ3) is 3.12. The lowest BCUT2D eigenvalue weighted by Gasteiger charge is -2.37. The zero-order valence-electron chi connectivity index (χ0n) is 11.0. The number of amides is 1. The van der Waals surface area contributed by atoms with Crippen LogP contribution >= 0.6 is 0 Å². The summed E-state index contributed by atoms with van der Waals surface area (Å²) >= 11 is 0. The number of rotatable bonds is 2. The average Bonchev–Trinajstić information content (AvgIpc) is 2.26. The standard InChI is InChI=1S/C13H21F2NO2/c1-9(2)10-3-5-16(6-4-10)12(17)18-11-7-13(14,15)8-11/h9-11H,3-8H2,1-2H3. The molecule has 2 aliphatic rings. The molecule has 0 N–H and O–H groups in total.